The zero-order valence-corrected chi connectivity index (χ0v) is 21.8. The molecule has 35 heavy (non-hydrogen) atoms. The first kappa shape index (κ1) is 24.8. The standard InChI is InChI=1S/C26H25BrN4O3S/c1-3-33-22-14-10-21(11-15-22)31-24(16-34-23-12-4-18(2)5-13-23)29-30-26(31)35-17-25(32)28-20-8-6-19(27)7-9-20/h4-15H,3,16-17H2,1-2H3,(H,28,32). The van der Waals surface area contributed by atoms with Crippen LogP contribution in [0.1, 0.15) is 18.3 Å². The summed E-state index contributed by atoms with van der Waals surface area (Å²) >= 11 is 4.71. The molecule has 0 spiro atoms. The number of carbonyl (C=O) groups is 1. The molecule has 0 aliphatic heterocycles. The molecule has 1 N–H and O–H groups in total. The van der Waals surface area contributed by atoms with E-state index in [0.717, 1.165) is 32.9 Å². The van der Waals surface area contributed by atoms with Crippen molar-refractivity contribution >= 4 is 39.3 Å². The molecule has 180 valence electrons. The van der Waals surface area contributed by atoms with Crippen LogP contribution < -0.4 is 14.8 Å². The molecule has 0 atom stereocenters. The Bertz CT molecular complexity index is 1260. The quantitative estimate of drug-likeness (QED) is 0.241. The number of anilines is 1. The summed E-state index contributed by atoms with van der Waals surface area (Å²) in [7, 11) is 0. The van der Waals surface area contributed by atoms with Crippen LogP contribution in [-0.2, 0) is 11.4 Å². The summed E-state index contributed by atoms with van der Waals surface area (Å²) in [6.07, 6.45) is 0. The monoisotopic (exact) mass is 552 g/mol. The van der Waals surface area contributed by atoms with Gasteiger partial charge in [0, 0.05) is 15.8 Å². The third-order valence-corrected chi connectivity index (χ3v) is 6.41. The number of nitrogens with zero attached hydrogens (tertiary/aromatic N) is 3. The van der Waals surface area contributed by atoms with Crippen LogP contribution in [-0.4, -0.2) is 33.0 Å². The van der Waals surface area contributed by atoms with Gasteiger partial charge in [0.05, 0.1) is 12.4 Å². The van der Waals surface area contributed by atoms with Crippen LogP contribution in [0.25, 0.3) is 5.69 Å². The summed E-state index contributed by atoms with van der Waals surface area (Å²) in [4.78, 5) is 12.5. The van der Waals surface area contributed by atoms with Crippen LogP contribution in [0, 0.1) is 6.92 Å². The number of rotatable bonds is 10. The highest BCUT2D eigenvalue weighted by molar-refractivity contribution is 9.10. The lowest BCUT2D eigenvalue weighted by Gasteiger charge is -2.12. The normalized spacial score (nSPS) is 10.7. The van der Waals surface area contributed by atoms with E-state index in [1.807, 2.05) is 91.2 Å². The smallest absolute Gasteiger partial charge is 0.234 e. The predicted molar refractivity (Wildman–Crippen MR) is 142 cm³/mol. The minimum atomic E-state index is -0.129. The van der Waals surface area contributed by atoms with Gasteiger partial charge in [-0.1, -0.05) is 45.4 Å². The SMILES string of the molecule is CCOc1ccc(-n2c(COc3ccc(C)cc3)nnc2SCC(=O)Nc2ccc(Br)cc2)cc1. The maximum Gasteiger partial charge on any atom is 0.234 e. The fourth-order valence-electron chi connectivity index (χ4n) is 3.25. The fraction of sp³-hybridized carbons (Fsp3) is 0.192. The van der Waals surface area contributed by atoms with E-state index in [4.69, 9.17) is 9.47 Å². The summed E-state index contributed by atoms with van der Waals surface area (Å²) in [5.74, 6) is 2.22. The van der Waals surface area contributed by atoms with Gasteiger partial charge in [0.15, 0.2) is 11.0 Å². The van der Waals surface area contributed by atoms with E-state index in [9.17, 15) is 4.79 Å². The number of halogens is 1. The van der Waals surface area contributed by atoms with E-state index in [1.165, 1.54) is 11.8 Å². The van der Waals surface area contributed by atoms with Crippen molar-refractivity contribution in [3.05, 3.63) is 88.7 Å². The van der Waals surface area contributed by atoms with E-state index in [2.05, 4.69) is 31.4 Å². The van der Waals surface area contributed by atoms with Gasteiger partial charge in [0.1, 0.15) is 18.1 Å². The van der Waals surface area contributed by atoms with Gasteiger partial charge in [0.2, 0.25) is 5.91 Å². The minimum absolute atomic E-state index is 0.129. The summed E-state index contributed by atoms with van der Waals surface area (Å²) in [6, 6.07) is 23.0. The number of nitrogens with one attached hydrogen (secondary N) is 1. The molecule has 7 nitrogen and oxygen atoms in total. The largest absolute Gasteiger partial charge is 0.494 e. The van der Waals surface area contributed by atoms with Gasteiger partial charge in [-0.05, 0) is 74.5 Å². The molecule has 0 bridgehead atoms. The van der Waals surface area contributed by atoms with Gasteiger partial charge in [-0.2, -0.15) is 0 Å². The summed E-state index contributed by atoms with van der Waals surface area (Å²) in [6.45, 7) is 4.80. The topological polar surface area (TPSA) is 78.3 Å². The number of hydrogen-bond donors (Lipinski definition) is 1. The molecule has 3 aromatic carbocycles. The number of ether oxygens (including phenoxy) is 2. The van der Waals surface area contributed by atoms with Crippen LogP contribution in [0.3, 0.4) is 0 Å². The Balaban J connectivity index is 1.51. The van der Waals surface area contributed by atoms with Crippen molar-refractivity contribution in [3.63, 3.8) is 0 Å². The number of amides is 1. The van der Waals surface area contributed by atoms with Gasteiger partial charge in [-0.15, -0.1) is 10.2 Å². The Morgan fingerprint density at radius 1 is 0.943 bits per heavy atom. The third kappa shape index (κ3) is 6.86. The minimum Gasteiger partial charge on any atom is -0.494 e. The zero-order valence-electron chi connectivity index (χ0n) is 19.4. The molecule has 1 heterocycles. The number of thioether (sulfide) groups is 1. The first-order valence-corrected chi connectivity index (χ1v) is 12.8. The molecular formula is C26H25BrN4O3S. The molecule has 0 aliphatic rings. The lowest BCUT2D eigenvalue weighted by atomic mass is 10.2. The summed E-state index contributed by atoms with van der Waals surface area (Å²) in [5, 5.41) is 12.2. The molecule has 0 unspecified atom stereocenters. The summed E-state index contributed by atoms with van der Waals surface area (Å²) in [5.41, 5.74) is 2.76. The Morgan fingerprint density at radius 3 is 2.29 bits per heavy atom. The highest BCUT2D eigenvalue weighted by Crippen LogP contribution is 2.25. The average molecular weight is 553 g/mol. The number of aromatic nitrogens is 3. The van der Waals surface area contributed by atoms with Gasteiger partial charge in [-0.3, -0.25) is 9.36 Å². The maximum absolute atomic E-state index is 12.5. The van der Waals surface area contributed by atoms with Crippen molar-refractivity contribution < 1.29 is 14.3 Å². The van der Waals surface area contributed by atoms with Crippen LogP contribution in [0.2, 0.25) is 0 Å². The van der Waals surface area contributed by atoms with Crippen molar-refractivity contribution in [3.8, 4) is 17.2 Å². The second kappa shape index (κ2) is 11.9. The second-order valence-corrected chi connectivity index (χ2v) is 9.46. The van der Waals surface area contributed by atoms with E-state index < -0.39 is 0 Å². The molecule has 0 fully saturated rings. The highest BCUT2D eigenvalue weighted by Gasteiger charge is 2.17. The average Bonchev–Trinajstić information content (AvgIpc) is 3.27. The van der Waals surface area contributed by atoms with E-state index in [0.29, 0.717) is 17.6 Å². The first-order chi connectivity index (χ1) is 17.0. The van der Waals surface area contributed by atoms with Crippen LogP contribution in [0.15, 0.2) is 82.4 Å². The molecule has 9 heteroatoms. The van der Waals surface area contributed by atoms with Gasteiger partial charge in [-0.25, -0.2) is 0 Å². The zero-order chi connectivity index (χ0) is 24.6. The number of aryl methyl sites for hydroxylation is 1. The summed E-state index contributed by atoms with van der Waals surface area (Å²) < 4.78 is 14.4. The van der Waals surface area contributed by atoms with Gasteiger partial charge >= 0.3 is 0 Å². The van der Waals surface area contributed by atoms with Crippen molar-refractivity contribution in [1.82, 2.24) is 14.8 Å². The Labute approximate surface area is 217 Å². The Kier molecular flexibility index (Phi) is 8.44. The molecule has 0 aliphatic carbocycles. The molecule has 4 aromatic rings. The van der Waals surface area contributed by atoms with Crippen molar-refractivity contribution in [1.29, 1.82) is 0 Å². The molecule has 4 rings (SSSR count). The van der Waals surface area contributed by atoms with Crippen molar-refractivity contribution in [2.45, 2.75) is 25.6 Å². The highest BCUT2D eigenvalue weighted by atomic mass is 79.9. The van der Waals surface area contributed by atoms with Gasteiger partial charge in [0.25, 0.3) is 0 Å². The van der Waals surface area contributed by atoms with E-state index in [1.54, 1.807) is 0 Å². The Morgan fingerprint density at radius 2 is 1.60 bits per heavy atom. The molecule has 1 amide bonds. The lowest BCUT2D eigenvalue weighted by Crippen LogP contribution is -2.14. The van der Waals surface area contributed by atoms with E-state index in [-0.39, 0.29) is 18.3 Å². The number of benzene rings is 3. The first-order valence-electron chi connectivity index (χ1n) is 11.1. The van der Waals surface area contributed by atoms with Crippen LogP contribution in [0.5, 0.6) is 11.5 Å². The molecule has 0 saturated heterocycles. The van der Waals surface area contributed by atoms with E-state index >= 15 is 0 Å². The second-order valence-electron chi connectivity index (χ2n) is 7.61. The number of hydrogen-bond acceptors (Lipinski definition) is 6. The molecule has 1 aromatic heterocycles. The van der Waals surface area contributed by atoms with Crippen LogP contribution in [0.4, 0.5) is 5.69 Å². The van der Waals surface area contributed by atoms with Crippen molar-refractivity contribution in [2.75, 3.05) is 17.7 Å². The third-order valence-electron chi connectivity index (χ3n) is 4.96. The molecule has 0 radical (unpaired) electrons. The Hall–Kier alpha value is -3.30. The molecular weight excluding hydrogens is 528 g/mol. The fourth-order valence-corrected chi connectivity index (χ4v) is 4.28. The van der Waals surface area contributed by atoms with Crippen molar-refractivity contribution in [2.24, 2.45) is 0 Å². The molecule has 0 saturated carbocycles. The number of carbonyl (C=O) groups excluding carboxylic acids is 1. The van der Waals surface area contributed by atoms with Gasteiger partial charge < -0.3 is 14.8 Å². The van der Waals surface area contributed by atoms with Crippen LogP contribution >= 0.6 is 27.7 Å². The maximum atomic E-state index is 12.5. The predicted octanol–water partition coefficient (Wildman–Crippen LogP) is 6.05. The lowest BCUT2D eigenvalue weighted by molar-refractivity contribution is -0.113.